The number of rotatable bonds is 9. The molecule has 0 heterocycles. The monoisotopic (exact) mass is 310 g/mol. The molecule has 0 aliphatic carbocycles. The van der Waals surface area contributed by atoms with Gasteiger partial charge in [0, 0.05) is 31.1 Å². The van der Waals surface area contributed by atoms with Gasteiger partial charge in [-0.15, -0.1) is 0 Å². The van der Waals surface area contributed by atoms with Crippen molar-refractivity contribution in [2.45, 2.75) is 38.6 Å². The maximum absolute atomic E-state index is 3.62. The maximum Gasteiger partial charge on any atom is 0.0214 e. The van der Waals surface area contributed by atoms with Gasteiger partial charge in [0.2, 0.25) is 0 Å². The molecule has 0 unspecified atom stereocenters. The molecular formula is C21H30N2. The Kier molecular flexibility index (Phi) is 6.82. The van der Waals surface area contributed by atoms with Gasteiger partial charge in [-0.3, -0.25) is 0 Å². The minimum Gasteiger partial charge on any atom is -0.315 e. The molecule has 2 N–H and O–H groups in total. The number of benzene rings is 2. The zero-order valence-corrected chi connectivity index (χ0v) is 14.7. The Balaban J connectivity index is 1.92. The maximum atomic E-state index is 3.62. The predicted molar refractivity (Wildman–Crippen MR) is 100.0 cm³/mol. The third-order valence-electron chi connectivity index (χ3n) is 4.54. The summed E-state index contributed by atoms with van der Waals surface area (Å²) in [6.07, 6.45) is 1.14. The first kappa shape index (κ1) is 17.7. The van der Waals surface area contributed by atoms with Gasteiger partial charge < -0.3 is 10.6 Å². The first-order valence-corrected chi connectivity index (χ1v) is 8.68. The average Bonchev–Trinajstić information content (AvgIpc) is 2.59. The van der Waals surface area contributed by atoms with Crippen LogP contribution in [0.5, 0.6) is 0 Å². The topological polar surface area (TPSA) is 24.1 Å². The molecule has 0 fully saturated rings. The van der Waals surface area contributed by atoms with Crippen LogP contribution in [0.2, 0.25) is 0 Å². The van der Waals surface area contributed by atoms with Gasteiger partial charge in [0.15, 0.2) is 0 Å². The van der Waals surface area contributed by atoms with Crippen LogP contribution in [0.3, 0.4) is 0 Å². The van der Waals surface area contributed by atoms with Crippen molar-refractivity contribution >= 4 is 0 Å². The summed E-state index contributed by atoms with van der Waals surface area (Å²) in [5.41, 5.74) is 2.96. The second-order valence-corrected chi connectivity index (χ2v) is 6.74. The lowest BCUT2D eigenvalue weighted by atomic mass is 9.91. The first-order valence-electron chi connectivity index (χ1n) is 8.68. The van der Waals surface area contributed by atoms with Crippen molar-refractivity contribution in [3.8, 4) is 0 Å². The highest BCUT2D eigenvalue weighted by Gasteiger charge is 2.14. The van der Waals surface area contributed by atoms with Crippen molar-refractivity contribution in [3.05, 3.63) is 71.8 Å². The fraction of sp³-hybridized carbons (Fsp3) is 0.429. The van der Waals surface area contributed by atoms with Crippen molar-refractivity contribution in [1.29, 1.82) is 0 Å². The average molecular weight is 310 g/mol. The fourth-order valence-electron chi connectivity index (χ4n) is 2.66. The summed E-state index contributed by atoms with van der Waals surface area (Å²) >= 11 is 0. The van der Waals surface area contributed by atoms with Crippen molar-refractivity contribution in [2.24, 2.45) is 0 Å². The molecule has 0 atom stereocenters. The lowest BCUT2D eigenvalue weighted by Gasteiger charge is -2.25. The summed E-state index contributed by atoms with van der Waals surface area (Å²) < 4.78 is 0. The molecule has 0 aliphatic rings. The van der Waals surface area contributed by atoms with Gasteiger partial charge in [-0.1, -0.05) is 67.6 Å². The van der Waals surface area contributed by atoms with Crippen molar-refractivity contribution in [1.82, 2.24) is 10.6 Å². The van der Waals surface area contributed by atoms with Gasteiger partial charge in [-0.25, -0.2) is 0 Å². The minimum absolute atomic E-state index is 0.222. The quantitative estimate of drug-likeness (QED) is 0.679. The van der Waals surface area contributed by atoms with E-state index in [0.29, 0.717) is 5.92 Å². The Bertz CT molecular complexity index is 509. The molecule has 124 valence electrons. The standard InChI is InChI=1S/C21H30N2/c1-4-21(2,3)23-16-15-22-17-20(18-11-7-5-8-12-18)19-13-9-6-10-14-19/h5-14,20,22-23H,4,15-17H2,1-3H3. The van der Waals surface area contributed by atoms with Crippen molar-refractivity contribution in [3.63, 3.8) is 0 Å². The van der Waals surface area contributed by atoms with Gasteiger partial charge in [0.05, 0.1) is 0 Å². The molecule has 2 aromatic rings. The molecule has 0 amide bonds. The first-order chi connectivity index (χ1) is 11.1. The fourth-order valence-corrected chi connectivity index (χ4v) is 2.66. The largest absolute Gasteiger partial charge is 0.315 e. The summed E-state index contributed by atoms with van der Waals surface area (Å²) in [5, 5.41) is 7.22. The molecule has 2 aromatic carbocycles. The highest BCUT2D eigenvalue weighted by atomic mass is 15.0. The van der Waals surface area contributed by atoms with E-state index in [9.17, 15) is 0 Å². The van der Waals surface area contributed by atoms with Crippen molar-refractivity contribution < 1.29 is 0 Å². The Morgan fingerprint density at radius 2 is 1.35 bits per heavy atom. The highest BCUT2D eigenvalue weighted by Crippen LogP contribution is 2.23. The van der Waals surface area contributed by atoms with Crippen LogP contribution in [0.4, 0.5) is 0 Å². The summed E-state index contributed by atoms with van der Waals surface area (Å²) in [6.45, 7) is 9.67. The van der Waals surface area contributed by atoms with Crippen LogP contribution in [0.25, 0.3) is 0 Å². The Morgan fingerprint density at radius 3 is 1.83 bits per heavy atom. The minimum atomic E-state index is 0.222. The SMILES string of the molecule is CCC(C)(C)NCCNCC(c1ccccc1)c1ccccc1. The van der Waals surface area contributed by atoms with E-state index in [0.717, 1.165) is 26.1 Å². The van der Waals surface area contributed by atoms with Crippen LogP contribution in [-0.2, 0) is 0 Å². The van der Waals surface area contributed by atoms with Crippen LogP contribution in [-0.4, -0.2) is 25.2 Å². The van der Waals surface area contributed by atoms with Gasteiger partial charge in [-0.05, 0) is 31.4 Å². The molecule has 0 saturated carbocycles. The van der Waals surface area contributed by atoms with Crippen LogP contribution in [0.15, 0.2) is 60.7 Å². The van der Waals surface area contributed by atoms with Gasteiger partial charge >= 0.3 is 0 Å². The molecular weight excluding hydrogens is 280 g/mol. The molecule has 2 heteroatoms. The van der Waals surface area contributed by atoms with Crippen LogP contribution in [0, 0.1) is 0 Å². The van der Waals surface area contributed by atoms with E-state index in [2.05, 4.69) is 92.1 Å². The van der Waals surface area contributed by atoms with Crippen LogP contribution in [0.1, 0.15) is 44.2 Å². The number of hydrogen-bond acceptors (Lipinski definition) is 2. The van der Waals surface area contributed by atoms with E-state index in [-0.39, 0.29) is 5.54 Å². The van der Waals surface area contributed by atoms with E-state index >= 15 is 0 Å². The smallest absolute Gasteiger partial charge is 0.0214 e. The van der Waals surface area contributed by atoms with E-state index in [1.165, 1.54) is 11.1 Å². The normalized spacial score (nSPS) is 11.8. The van der Waals surface area contributed by atoms with E-state index in [4.69, 9.17) is 0 Å². The second kappa shape index (κ2) is 8.85. The highest BCUT2D eigenvalue weighted by molar-refractivity contribution is 5.32. The molecule has 0 spiro atoms. The Morgan fingerprint density at radius 1 is 0.826 bits per heavy atom. The summed E-state index contributed by atoms with van der Waals surface area (Å²) in [4.78, 5) is 0. The predicted octanol–water partition coefficient (Wildman–Crippen LogP) is 4.19. The Labute approximate surface area is 141 Å². The van der Waals surface area contributed by atoms with Crippen LogP contribution < -0.4 is 10.6 Å². The zero-order valence-electron chi connectivity index (χ0n) is 14.7. The third kappa shape index (κ3) is 5.81. The van der Waals surface area contributed by atoms with Crippen molar-refractivity contribution in [2.75, 3.05) is 19.6 Å². The van der Waals surface area contributed by atoms with Crippen LogP contribution >= 0.6 is 0 Å². The summed E-state index contributed by atoms with van der Waals surface area (Å²) in [7, 11) is 0. The van der Waals surface area contributed by atoms with Gasteiger partial charge in [0.1, 0.15) is 0 Å². The number of nitrogens with one attached hydrogen (secondary N) is 2. The van der Waals surface area contributed by atoms with E-state index < -0.39 is 0 Å². The molecule has 0 saturated heterocycles. The van der Waals surface area contributed by atoms with E-state index in [1.807, 2.05) is 0 Å². The van der Waals surface area contributed by atoms with Gasteiger partial charge in [0.25, 0.3) is 0 Å². The lowest BCUT2D eigenvalue weighted by Crippen LogP contribution is -2.42. The second-order valence-electron chi connectivity index (χ2n) is 6.74. The molecule has 0 aromatic heterocycles. The number of hydrogen-bond donors (Lipinski definition) is 2. The summed E-state index contributed by atoms with van der Waals surface area (Å²) in [6, 6.07) is 21.5. The molecule has 2 nitrogen and oxygen atoms in total. The molecule has 0 bridgehead atoms. The third-order valence-corrected chi connectivity index (χ3v) is 4.54. The van der Waals surface area contributed by atoms with E-state index in [1.54, 1.807) is 0 Å². The molecule has 2 rings (SSSR count). The summed E-state index contributed by atoms with van der Waals surface area (Å²) in [5.74, 6) is 0.400. The Hall–Kier alpha value is -1.64. The molecule has 0 radical (unpaired) electrons. The van der Waals surface area contributed by atoms with Gasteiger partial charge in [-0.2, -0.15) is 0 Å². The molecule has 0 aliphatic heterocycles. The molecule has 23 heavy (non-hydrogen) atoms. The lowest BCUT2D eigenvalue weighted by molar-refractivity contribution is 0.374. The zero-order chi connectivity index (χ0) is 16.5.